The molecular weight excluding hydrogens is 274 g/mol. The quantitative estimate of drug-likeness (QED) is 0.902. The van der Waals surface area contributed by atoms with Gasteiger partial charge >= 0.3 is 0 Å². The predicted molar refractivity (Wildman–Crippen MR) is 80.7 cm³/mol. The Labute approximate surface area is 124 Å². The highest BCUT2D eigenvalue weighted by molar-refractivity contribution is 7.99. The maximum atomic E-state index is 12.2. The lowest BCUT2D eigenvalue weighted by atomic mass is 9.98. The molecule has 3 atom stereocenters. The summed E-state index contributed by atoms with van der Waals surface area (Å²) in [5, 5.41) is 7.37. The minimum absolute atomic E-state index is 0.0199. The van der Waals surface area contributed by atoms with E-state index in [9.17, 15) is 4.79 Å². The van der Waals surface area contributed by atoms with Gasteiger partial charge in [-0.05, 0) is 25.5 Å². The standard InChI is InChI=1S/C14H23N3O2S/c1-4-12(20-3)14(18)16-11-6-5-7-19-13(11)10-8-15-17(2)9-10/h8-9,11-13H,4-7H2,1-3H3,(H,16,18)/t11-,12-,13+/m0/s1. The number of aromatic nitrogens is 2. The Morgan fingerprint density at radius 2 is 2.50 bits per heavy atom. The maximum absolute atomic E-state index is 12.2. The van der Waals surface area contributed by atoms with E-state index in [4.69, 9.17) is 4.74 Å². The Hall–Kier alpha value is -1.01. The van der Waals surface area contributed by atoms with Crippen molar-refractivity contribution >= 4 is 17.7 Å². The van der Waals surface area contributed by atoms with E-state index in [1.807, 2.05) is 32.6 Å². The first-order valence-corrected chi connectivity index (χ1v) is 8.37. The third-order valence-corrected chi connectivity index (χ3v) is 4.77. The molecule has 0 aliphatic carbocycles. The van der Waals surface area contributed by atoms with Crippen LogP contribution in [-0.4, -0.2) is 39.8 Å². The van der Waals surface area contributed by atoms with Crippen LogP contribution in [0.25, 0.3) is 0 Å². The minimum Gasteiger partial charge on any atom is -0.371 e. The van der Waals surface area contributed by atoms with Gasteiger partial charge in [-0.3, -0.25) is 9.48 Å². The SMILES string of the molecule is CC[C@H](SC)C(=O)N[C@H]1CCCO[C@@H]1c1cnn(C)c1. The van der Waals surface area contributed by atoms with Crippen molar-refractivity contribution in [2.24, 2.45) is 7.05 Å². The van der Waals surface area contributed by atoms with Crippen LogP contribution in [0.5, 0.6) is 0 Å². The molecule has 2 rings (SSSR count). The molecule has 5 nitrogen and oxygen atoms in total. The van der Waals surface area contributed by atoms with Gasteiger partial charge in [-0.15, -0.1) is 0 Å². The summed E-state index contributed by atoms with van der Waals surface area (Å²) in [6.07, 6.45) is 8.46. The first-order valence-electron chi connectivity index (χ1n) is 7.09. The smallest absolute Gasteiger partial charge is 0.233 e. The second-order valence-electron chi connectivity index (χ2n) is 5.13. The Bertz CT molecular complexity index is 445. The fourth-order valence-corrected chi connectivity index (χ4v) is 3.19. The number of carbonyl (C=O) groups is 1. The van der Waals surface area contributed by atoms with Gasteiger partial charge in [0.05, 0.1) is 17.5 Å². The van der Waals surface area contributed by atoms with Crippen LogP contribution in [0.15, 0.2) is 12.4 Å². The van der Waals surface area contributed by atoms with Crippen LogP contribution in [0.2, 0.25) is 0 Å². The molecule has 2 heterocycles. The molecule has 1 saturated heterocycles. The highest BCUT2D eigenvalue weighted by Gasteiger charge is 2.31. The molecule has 1 fully saturated rings. The van der Waals surface area contributed by atoms with Crippen LogP contribution in [-0.2, 0) is 16.6 Å². The highest BCUT2D eigenvalue weighted by Crippen LogP contribution is 2.28. The number of carbonyl (C=O) groups excluding carboxylic acids is 1. The highest BCUT2D eigenvalue weighted by atomic mass is 32.2. The van der Waals surface area contributed by atoms with E-state index in [1.165, 1.54) is 0 Å². The Balaban J connectivity index is 2.05. The molecule has 6 heteroatoms. The van der Waals surface area contributed by atoms with Gasteiger partial charge in [0.25, 0.3) is 0 Å². The fraction of sp³-hybridized carbons (Fsp3) is 0.714. The molecule has 0 radical (unpaired) electrons. The van der Waals surface area contributed by atoms with Crippen LogP contribution in [0.1, 0.15) is 37.9 Å². The van der Waals surface area contributed by atoms with E-state index in [-0.39, 0.29) is 23.3 Å². The summed E-state index contributed by atoms with van der Waals surface area (Å²) in [5.74, 6) is 0.115. The second kappa shape index (κ2) is 7.13. The summed E-state index contributed by atoms with van der Waals surface area (Å²) in [5.41, 5.74) is 1.04. The normalized spacial score (nSPS) is 24.4. The number of thioether (sulfide) groups is 1. The molecule has 1 amide bonds. The summed E-state index contributed by atoms with van der Waals surface area (Å²) in [6.45, 7) is 2.78. The molecule has 112 valence electrons. The summed E-state index contributed by atoms with van der Waals surface area (Å²) in [4.78, 5) is 12.2. The molecule has 1 aliphatic rings. The van der Waals surface area contributed by atoms with Gasteiger partial charge in [-0.25, -0.2) is 0 Å². The number of rotatable bonds is 5. The van der Waals surface area contributed by atoms with Crippen molar-refractivity contribution in [3.05, 3.63) is 18.0 Å². The lowest BCUT2D eigenvalue weighted by Gasteiger charge is -2.32. The number of aryl methyl sites for hydroxylation is 1. The first-order chi connectivity index (χ1) is 9.65. The largest absolute Gasteiger partial charge is 0.371 e. The fourth-order valence-electron chi connectivity index (χ4n) is 2.58. The zero-order chi connectivity index (χ0) is 14.5. The van der Waals surface area contributed by atoms with Gasteiger partial charge in [0.15, 0.2) is 0 Å². The van der Waals surface area contributed by atoms with Gasteiger partial charge in [0, 0.05) is 25.4 Å². The third kappa shape index (κ3) is 3.55. The topological polar surface area (TPSA) is 56.1 Å². The van der Waals surface area contributed by atoms with Crippen molar-refractivity contribution < 1.29 is 9.53 Å². The van der Waals surface area contributed by atoms with Gasteiger partial charge < -0.3 is 10.1 Å². The average molecular weight is 297 g/mol. The number of nitrogens with zero attached hydrogens (tertiary/aromatic N) is 2. The molecule has 0 spiro atoms. The molecule has 0 aromatic carbocycles. The van der Waals surface area contributed by atoms with E-state index in [0.29, 0.717) is 0 Å². The van der Waals surface area contributed by atoms with Crippen molar-refractivity contribution in [2.75, 3.05) is 12.9 Å². The number of hydrogen-bond acceptors (Lipinski definition) is 4. The number of ether oxygens (including phenoxy) is 1. The van der Waals surface area contributed by atoms with Crippen LogP contribution in [0, 0.1) is 0 Å². The van der Waals surface area contributed by atoms with Crippen molar-refractivity contribution in [3.63, 3.8) is 0 Å². The maximum Gasteiger partial charge on any atom is 0.233 e. The van der Waals surface area contributed by atoms with Crippen LogP contribution < -0.4 is 5.32 Å². The Kier molecular flexibility index (Phi) is 5.48. The lowest BCUT2D eigenvalue weighted by Crippen LogP contribution is -2.45. The minimum atomic E-state index is -0.0826. The number of nitrogens with one attached hydrogen (secondary N) is 1. The first kappa shape index (κ1) is 15.4. The number of hydrogen-bond donors (Lipinski definition) is 1. The zero-order valence-corrected chi connectivity index (χ0v) is 13.2. The van der Waals surface area contributed by atoms with Gasteiger partial charge in [-0.1, -0.05) is 6.92 Å². The summed E-state index contributed by atoms with van der Waals surface area (Å²) < 4.78 is 7.63. The predicted octanol–water partition coefficient (Wildman–Crippen LogP) is 1.90. The molecule has 0 bridgehead atoms. The van der Waals surface area contributed by atoms with Crippen molar-refractivity contribution in [3.8, 4) is 0 Å². The average Bonchev–Trinajstić information content (AvgIpc) is 2.87. The van der Waals surface area contributed by atoms with Crippen LogP contribution in [0.4, 0.5) is 0 Å². The molecule has 1 N–H and O–H groups in total. The molecule has 0 saturated carbocycles. The van der Waals surface area contributed by atoms with Crippen LogP contribution >= 0.6 is 11.8 Å². The van der Waals surface area contributed by atoms with Gasteiger partial charge in [-0.2, -0.15) is 16.9 Å². The monoisotopic (exact) mass is 297 g/mol. The third-order valence-electron chi connectivity index (χ3n) is 3.65. The van der Waals surface area contributed by atoms with Gasteiger partial charge in [0.1, 0.15) is 6.10 Å². The Morgan fingerprint density at radius 1 is 1.70 bits per heavy atom. The Morgan fingerprint density at radius 3 is 3.10 bits per heavy atom. The molecule has 0 unspecified atom stereocenters. The molecule has 1 aliphatic heterocycles. The van der Waals surface area contributed by atoms with Crippen molar-refractivity contribution in [1.29, 1.82) is 0 Å². The summed E-state index contributed by atoms with van der Waals surface area (Å²) >= 11 is 1.60. The number of amides is 1. The summed E-state index contributed by atoms with van der Waals surface area (Å²) in [7, 11) is 1.89. The zero-order valence-electron chi connectivity index (χ0n) is 12.3. The summed E-state index contributed by atoms with van der Waals surface area (Å²) in [6, 6.07) is 0.0432. The van der Waals surface area contributed by atoms with Gasteiger partial charge in [0.2, 0.25) is 5.91 Å². The lowest BCUT2D eigenvalue weighted by molar-refractivity contribution is -0.123. The van der Waals surface area contributed by atoms with E-state index >= 15 is 0 Å². The van der Waals surface area contributed by atoms with E-state index in [2.05, 4.69) is 10.4 Å². The van der Waals surface area contributed by atoms with Crippen molar-refractivity contribution in [2.45, 2.75) is 43.6 Å². The van der Waals surface area contributed by atoms with E-state index in [0.717, 1.165) is 31.4 Å². The van der Waals surface area contributed by atoms with Crippen molar-refractivity contribution in [1.82, 2.24) is 15.1 Å². The van der Waals surface area contributed by atoms with E-state index in [1.54, 1.807) is 16.4 Å². The van der Waals surface area contributed by atoms with E-state index < -0.39 is 0 Å². The molecule has 20 heavy (non-hydrogen) atoms. The molecule has 1 aromatic heterocycles. The molecule has 1 aromatic rings. The van der Waals surface area contributed by atoms with Crippen LogP contribution in [0.3, 0.4) is 0 Å². The second-order valence-corrected chi connectivity index (χ2v) is 6.17. The molecular formula is C14H23N3O2S.